The second-order valence-electron chi connectivity index (χ2n) is 6.93. The maximum Gasteiger partial charge on any atom is 0.137 e. The van der Waals surface area contributed by atoms with Gasteiger partial charge in [-0.3, -0.25) is 4.90 Å². The highest BCUT2D eigenvalue weighted by molar-refractivity contribution is 6.31. The summed E-state index contributed by atoms with van der Waals surface area (Å²) < 4.78 is 5.76. The summed E-state index contributed by atoms with van der Waals surface area (Å²) in [6, 6.07) is 16.8. The lowest BCUT2D eigenvalue weighted by Crippen LogP contribution is -2.37. The standard InChI is InChI=1S/C21H22ClNO/c1-15-13-23(14-16-5-3-2-4-6-16)9-7-19(15)20-12-18(22)11-17-8-10-24-21(17)20/h2-6,8,10-12,15,19H,7,9,13-14H2,1H3/t15-,19+/m0/s1. The highest BCUT2D eigenvalue weighted by Gasteiger charge is 2.29. The van der Waals surface area contributed by atoms with Gasteiger partial charge >= 0.3 is 0 Å². The van der Waals surface area contributed by atoms with E-state index in [2.05, 4.69) is 48.2 Å². The minimum Gasteiger partial charge on any atom is -0.464 e. The molecule has 0 amide bonds. The van der Waals surface area contributed by atoms with Gasteiger partial charge in [-0.05, 0) is 48.6 Å². The molecule has 2 atom stereocenters. The Morgan fingerprint density at radius 3 is 2.79 bits per heavy atom. The molecule has 2 aromatic carbocycles. The molecule has 0 saturated carbocycles. The van der Waals surface area contributed by atoms with Gasteiger partial charge in [0.25, 0.3) is 0 Å². The van der Waals surface area contributed by atoms with Gasteiger partial charge in [-0.25, -0.2) is 0 Å². The number of nitrogens with zero attached hydrogens (tertiary/aromatic N) is 1. The van der Waals surface area contributed by atoms with E-state index in [9.17, 15) is 0 Å². The highest BCUT2D eigenvalue weighted by atomic mass is 35.5. The molecule has 1 aliphatic heterocycles. The molecule has 1 aromatic heterocycles. The normalized spacial score (nSPS) is 22.1. The number of fused-ring (bicyclic) bond motifs is 1. The number of benzene rings is 2. The van der Waals surface area contributed by atoms with Crippen LogP contribution in [0, 0.1) is 5.92 Å². The van der Waals surface area contributed by atoms with E-state index in [1.165, 1.54) is 11.1 Å². The van der Waals surface area contributed by atoms with E-state index in [0.29, 0.717) is 11.8 Å². The third-order valence-corrected chi connectivity index (χ3v) is 5.40. The third-order valence-electron chi connectivity index (χ3n) is 5.18. The fourth-order valence-corrected chi connectivity index (χ4v) is 4.26. The first-order valence-corrected chi connectivity index (χ1v) is 9.01. The molecule has 2 heterocycles. The maximum absolute atomic E-state index is 6.33. The molecule has 1 fully saturated rings. The summed E-state index contributed by atoms with van der Waals surface area (Å²) in [5, 5.41) is 1.91. The molecular weight excluding hydrogens is 318 g/mol. The van der Waals surface area contributed by atoms with Gasteiger partial charge in [0.15, 0.2) is 0 Å². The number of hydrogen-bond donors (Lipinski definition) is 0. The van der Waals surface area contributed by atoms with Crippen molar-refractivity contribution in [2.45, 2.75) is 25.8 Å². The molecule has 0 aliphatic carbocycles. The summed E-state index contributed by atoms with van der Waals surface area (Å²) in [6.07, 6.45) is 2.91. The quantitative estimate of drug-likeness (QED) is 0.607. The topological polar surface area (TPSA) is 16.4 Å². The zero-order valence-electron chi connectivity index (χ0n) is 13.9. The number of piperidine rings is 1. The summed E-state index contributed by atoms with van der Waals surface area (Å²) in [7, 11) is 0. The van der Waals surface area contributed by atoms with Gasteiger partial charge in [-0.2, -0.15) is 0 Å². The van der Waals surface area contributed by atoms with Crippen LogP contribution >= 0.6 is 11.6 Å². The molecule has 0 radical (unpaired) electrons. The van der Waals surface area contributed by atoms with Gasteiger partial charge in [0.05, 0.1) is 6.26 Å². The molecule has 1 aliphatic rings. The second-order valence-corrected chi connectivity index (χ2v) is 7.36. The van der Waals surface area contributed by atoms with Crippen LogP contribution in [0.1, 0.15) is 30.4 Å². The van der Waals surface area contributed by atoms with Crippen LogP contribution < -0.4 is 0 Å². The van der Waals surface area contributed by atoms with Crippen LogP contribution in [0.15, 0.2) is 59.2 Å². The van der Waals surface area contributed by atoms with E-state index < -0.39 is 0 Å². The zero-order valence-corrected chi connectivity index (χ0v) is 14.7. The average molecular weight is 340 g/mol. The first kappa shape index (κ1) is 15.7. The molecule has 2 nitrogen and oxygen atoms in total. The van der Waals surface area contributed by atoms with Crippen LogP contribution in [-0.2, 0) is 6.54 Å². The Balaban J connectivity index is 1.53. The van der Waals surface area contributed by atoms with Gasteiger partial charge in [-0.15, -0.1) is 0 Å². The lowest BCUT2D eigenvalue weighted by atomic mass is 9.81. The zero-order chi connectivity index (χ0) is 16.5. The van der Waals surface area contributed by atoms with E-state index in [1.807, 2.05) is 12.1 Å². The van der Waals surface area contributed by atoms with Crippen LogP contribution in [0.4, 0.5) is 0 Å². The molecule has 3 aromatic rings. The minimum absolute atomic E-state index is 0.504. The Morgan fingerprint density at radius 2 is 2.00 bits per heavy atom. The first-order valence-electron chi connectivity index (χ1n) is 8.63. The summed E-state index contributed by atoms with van der Waals surface area (Å²) in [6.45, 7) is 5.59. The third kappa shape index (κ3) is 3.09. The van der Waals surface area contributed by atoms with E-state index in [1.54, 1.807) is 6.26 Å². The van der Waals surface area contributed by atoms with E-state index >= 15 is 0 Å². The SMILES string of the molecule is C[C@H]1CN(Cc2ccccc2)CC[C@H]1c1cc(Cl)cc2ccoc12. The Hall–Kier alpha value is -1.77. The molecule has 1 saturated heterocycles. The smallest absolute Gasteiger partial charge is 0.137 e. The monoisotopic (exact) mass is 339 g/mol. The molecule has 0 unspecified atom stereocenters. The van der Waals surface area contributed by atoms with Crippen LogP contribution in [0.3, 0.4) is 0 Å². The van der Waals surface area contributed by atoms with Crippen LogP contribution in [0.5, 0.6) is 0 Å². The minimum atomic E-state index is 0.504. The van der Waals surface area contributed by atoms with Crippen molar-refractivity contribution < 1.29 is 4.42 Å². The number of furan rings is 1. The fourth-order valence-electron chi connectivity index (χ4n) is 4.03. The van der Waals surface area contributed by atoms with Crippen molar-refractivity contribution in [1.82, 2.24) is 4.90 Å². The number of rotatable bonds is 3. The lowest BCUT2D eigenvalue weighted by Gasteiger charge is -2.37. The van der Waals surface area contributed by atoms with Crippen molar-refractivity contribution in [3.63, 3.8) is 0 Å². The van der Waals surface area contributed by atoms with Gasteiger partial charge in [-0.1, -0.05) is 48.9 Å². The van der Waals surface area contributed by atoms with Crippen molar-refractivity contribution in [1.29, 1.82) is 0 Å². The summed E-state index contributed by atoms with van der Waals surface area (Å²) in [5.41, 5.74) is 3.67. The van der Waals surface area contributed by atoms with Crippen LogP contribution in [-0.4, -0.2) is 18.0 Å². The van der Waals surface area contributed by atoms with Crippen molar-refractivity contribution in [3.8, 4) is 0 Å². The molecule has 0 bridgehead atoms. The van der Waals surface area contributed by atoms with Gasteiger partial charge in [0, 0.05) is 29.1 Å². The van der Waals surface area contributed by atoms with Crippen molar-refractivity contribution in [2.75, 3.05) is 13.1 Å². The predicted octanol–water partition coefficient (Wildman–Crippen LogP) is 5.71. The molecule has 0 spiro atoms. The summed E-state index contributed by atoms with van der Waals surface area (Å²) in [4.78, 5) is 2.56. The Bertz CT molecular complexity index is 826. The first-order chi connectivity index (χ1) is 11.7. The van der Waals surface area contributed by atoms with E-state index in [0.717, 1.165) is 42.0 Å². The lowest BCUT2D eigenvalue weighted by molar-refractivity contribution is 0.156. The fraction of sp³-hybridized carbons (Fsp3) is 0.333. The van der Waals surface area contributed by atoms with Crippen molar-refractivity contribution in [3.05, 3.63) is 70.9 Å². The van der Waals surface area contributed by atoms with E-state index in [4.69, 9.17) is 16.0 Å². The number of halogens is 1. The Labute approximate surface area is 148 Å². The largest absolute Gasteiger partial charge is 0.464 e. The summed E-state index contributed by atoms with van der Waals surface area (Å²) in [5.74, 6) is 1.08. The number of hydrogen-bond acceptors (Lipinski definition) is 2. The van der Waals surface area contributed by atoms with Crippen LogP contribution in [0.25, 0.3) is 11.0 Å². The average Bonchev–Trinajstić information content (AvgIpc) is 3.03. The van der Waals surface area contributed by atoms with Gasteiger partial charge in [0.1, 0.15) is 5.58 Å². The number of likely N-dealkylation sites (tertiary alicyclic amines) is 1. The van der Waals surface area contributed by atoms with Gasteiger partial charge in [0.2, 0.25) is 0 Å². The predicted molar refractivity (Wildman–Crippen MR) is 99.5 cm³/mol. The molecular formula is C21H22ClNO. The van der Waals surface area contributed by atoms with Crippen LogP contribution in [0.2, 0.25) is 5.02 Å². The Kier molecular flexibility index (Phi) is 4.34. The van der Waals surface area contributed by atoms with E-state index in [-0.39, 0.29) is 0 Å². The molecule has 24 heavy (non-hydrogen) atoms. The maximum atomic E-state index is 6.33. The molecule has 0 N–H and O–H groups in total. The summed E-state index contributed by atoms with van der Waals surface area (Å²) >= 11 is 6.33. The van der Waals surface area contributed by atoms with Crippen molar-refractivity contribution >= 4 is 22.6 Å². The van der Waals surface area contributed by atoms with Crippen molar-refractivity contribution in [2.24, 2.45) is 5.92 Å². The Morgan fingerprint density at radius 1 is 1.17 bits per heavy atom. The van der Waals surface area contributed by atoms with Gasteiger partial charge < -0.3 is 4.42 Å². The molecule has 124 valence electrons. The second kappa shape index (κ2) is 6.62. The molecule has 3 heteroatoms. The molecule has 4 rings (SSSR count). The highest BCUT2D eigenvalue weighted by Crippen LogP contribution is 2.38.